The van der Waals surface area contributed by atoms with E-state index >= 15 is 0 Å². The van der Waals surface area contributed by atoms with Gasteiger partial charge >= 0.3 is 0 Å². The van der Waals surface area contributed by atoms with Crippen LogP contribution in [0.5, 0.6) is 5.75 Å². The fraction of sp³-hybridized carbons (Fsp3) is 0.400. The quantitative estimate of drug-likeness (QED) is 0.790. The van der Waals surface area contributed by atoms with Crippen LogP contribution in [-0.4, -0.2) is 34.9 Å². The molecule has 7 heteroatoms. The number of rotatable bonds is 1. The molecule has 0 aliphatic carbocycles. The zero-order chi connectivity index (χ0) is 12.6. The lowest BCUT2D eigenvalue weighted by atomic mass is 10.2. The first-order valence-corrected chi connectivity index (χ1v) is 5.95. The fourth-order valence-corrected chi connectivity index (χ4v) is 2.29. The molecule has 6 nitrogen and oxygen atoms in total. The predicted molar refractivity (Wildman–Crippen MR) is 65.1 cm³/mol. The van der Waals surface area contributed by atoms with Gasteiger partial charge in [-0.1, -0.05) is 5.16 Å². The van der Waals surface area contributed by atoms with E-state index in [2.05, 4.69) is 5.16 Å². The highest BCUT2D eigenvalue weighted by Crippen LogP contribution is 2.32. The normalized spacial score (nSPS) is 18.7. The van der Waals surface area contributed by atoms with Gasteiger partial charge in [-0.3, -0.25) is 9.69 Å². The summed E-state index contributed by atoms with van der Waals surface area (Å²) in [5, 5.41) is 15.0. The molecule has 0 saturated heterocycles. The van der Waals surface area contributed by atoms with Crippen molar-refractivity contribution in [2.75, 3.05) is 12.8 Å². The van der Waals surface area contributed by atoms with E-state index in [1.54, 1.807) is 7.05 Å². The number of thiophene rings is 1. The SMILES string of the molecule is CC1CC(N(C)C(=O)c2scc(N)c2O)=NO1. The van der Waals surface area contributed by atoms with Crippen LogP contribution in [0.15, 0.2) is 10.5 Å². The molecule has 1 aromatic heterocycles. The summed E-state index contributed by atoms with van der Waals surface area (Å²) >= 11 is 1.11. The highest BCUT2D eigenvalue weighted by Gasteiger charge is 2.27. The number of nitrogens with two attached hydrogens (primary N) is 1. The summed E-state index contributed by atoms with van der Waals surface area (Å²) in [6.07, 6.45) is 0.548. The number of hydrogen-bond acceptors (Lipinski definition) is 6. The number of carbonyl (C=O) groups excluding carboxylic acids is 1. The second-order valence-corrected chi connectivity index (χ2v) is 4.74. The zero-order valence-corrected chi connectivity index (χ0v) is 10.3. The summed E-state index contributed by atoms with van der Waals surface area (Å²) in [7, 11) is 1.60. The number of nitrogen functional groups attached to an aromatic ring is 1. The fourth-order valence-electron chi connectivity index (χ4n) is 1.47. The minimum Gasteiger partial charge on any atom is -0.504 e. The lowest BCUT2D eigenvalue weighted by Crippen LogP contribution is -2.32. The third kappa shape index (κ3) is 2.05. The van der Waals surface area contributed by atoms with Crippen LogP contribution in [0, 0.1) is 0 Å². The lowest BCUT2D eigenvalue weighted by Gasteiger charge is -2.14. The van der Waals surface area contributed by atoms with Crippen molar-refractivity contribution in [3.05, 3.63) is 10.3 Å². The maximum atomic E-state index is 12.1. The number of aromatic hydroxyl groups is 1. The highest BCUT2D eigenvalue weighted by atomic mass is 32.1. The van der Waals surface area contributed by atoms with Crippen molar-refractivity contribution in [1.29, 1.82) is 0 Å². The van der Waals surface area contributed by atoms with E-state index in [9.17, 15) is 9.90 Å². The molecule has 1 aromatic rings. The van der Waals surface area contributed by atoms with Gasteiger partial charge in [0.15, 0.2) is 11.6 Å². The number of oxime groups is 1. The molecule has 0 saturated carbocycles. The van der Waals surface area contributed by atoms with E-state index in [1.807, 2.05) is 6.92 Å². The molecule has 0 spiro atoms. The molecule has 0 fully saturated rings. The van der Waals surface area contributed by atoms with E-state index in [4.69, 9.17) is 10.6 Å². The molecule has 0 bridgehead atoms. The molecule has 0 radical (unpaired) electrons. The first kappa shape index (κ1) is 11.7. The highest BCUT2D eigenvalue weighted by molar-refractivity contribution is 7.13. The van der Waals surface area contributed by atoms with Crippen LogP contribution in [0.1, 0.15) is 23.0 Å². The first-order valence-electron chi connectivity index (χ1n) is 5.07. The van der Waals surface area contributed by atoms with E-state index in [0.717, 1.165) is 11.3 Å². The number of amides is 1. The van der Waals surface area contributed by atoms with Gasteiger partial charge in [-0.15, -0.1) is 11.3 Å². The smallest absolute Gasteiger partial charge is 0.272 e. The molecule has 1 unspecified atom stereocenters. The average Bonchev–Trinajstić information content (AvgIpc) is 2.86. The molecule has 1 aliphatic rings. The van der Waals surface area contributed by atoms with Crippen LogP contribution in [0.2, 0.25) is 0 Å². The largest absolute Gasteiger partial charge is 0.504 e. The maximum absolute atomic E-state index is 12.1. The Morgan fingerprint density at radius 2 is 2.47 bits per heavy atom. The maximum Gasteiger partial charge on any atom is 0.272 e. The Morgan fingerprint density at radius 1 is 1.76 bits per heavy atom. The van der Waals surface area contributed by atoms with Crippen LogP contribution >= 0.6 is 11.3 Å². The van der Waals surface area contributed by atoms with Crippen LogP contribution < -0.4 is 5.73 Å². The third-order valence-corrected chi connectivity index (χ3v) is 3.46. The summed E-state index contributed by atoms with van der Waals surface area (Å²) in [6.45, 7) is 1.87. The molecular formula is C10H13N3O3S. The molecule has 2 rings (SSSR count). The molecule has 0 aromatic carbocycles. The number of anilines is 1. The minimum atomic E-state index is -0.333. The van der Waals surface area contributed by atoms with Crippen molar-refractivity contribution in [3.63, 3.8) is 0 Å². The van der Waals surface area contributed by atoms with Gasteiger partial charge in [0.2, 0.25) is 0 Å². The van der Waals surface area contributed by atoms with Crippen molar-refractivity contribution in [2.24, 2.45) is 5.16 Å². The van der Waals surface area contributed by atoms with Gasteiger partial charge < -0.3 is 15.7 Å². The monoisotopic (exact) mass is 255 g/mol. The first-order chi connectivity index (χ1) is 8.00. The Bertz CT molecular complexity index is 483. The van der Waals surface area contributed by atoms with Gasteiger partial charge in [0.05, 0.1) is 5.69 Å². The third-order valence-electron chi connectivity index (χ3n) is 2.49. The van der Waals surface area contributed by atoms with E-state index in [1.165, 1.54) is 10.3 Å². The van der Waals surface area contributed by atoms with Crippen molar-refractivity contribution >= 4 is 28.8 Å². The number of hydrogen-bond donors (Lipinski definition) is 2. The topological polar surface area (TPSA) is 88.2 Å². The predicted octanol–water partition coefficient (Wildman–Crippen LogP) is 1.23. The molecule has 3 N–H and O–H groups in total. The number of carbonyl (C=O) groups is 1. The van der Waals surface area contributed by atoms with Crippen LogP contribution in [0.3, 0.4) is 0 Å². The zero-order valence-electron chi connectivity index (χ0n) is 9.51. The van der Waals surface area contributed by atoms with E-state index in [-0.39, 0.29) is 28.3 Å². The van der Waals surface area contributed by atoms with Crippen molar-refractivity contribution in [1.82, 2.24) is 4.90 Å². The Labute approximate surface area is 102 Å². The van der Waals surface area contributed by atoms with E-state index in [0.29, 0.717) is 12.3 Å². The second kappa shape index (κ2) is 4.25. The molecule has 1 atom stereocenters. The van der Waals surface area contributed by atoms with Crippen LogP contribution in [-0.2, 0) is 4.84 Å². The number of amidine groups is 1. The Balaban J connectivity index is 2.18. The van der Waals surface area contributed by atoms with E-state index < -0.39 is 0 Å². The summed E-state index contributed by atoms with van der Waals surface area (Å²) in [5.74, 6) is 0.0499. The Hall–Kier alpha value is -1.76. The molecule has 2 heterocycles. The van der Waals surface area contributed by atoms with Crippen molar-refractivity contribution < 1.29 is 14.7 Å². The number of nitrogens with zero attached hydrogens (tertiary/aromatic N) is 2. The van der Waals surface area contributed by atoms with Crippen molar-refractivity contribution in [3.8, 4) is 5.75 Å². The van der Waals surface area contributed by atoms with Gasteiger partial charge in [0.1, 0.15) is 11.0 Å². The minimum absolute atomic E-state index is 0.0257. The van der Waals surface area contributed by atoms with Gasteiger partial charge in [-0.05, 0) is 6.92 Å². The summed E-state index contributed by atoms with van der Waals surface area (Å²) < 4.78 is 0. The van der Waals surface area contributed by atoms with Crippen LogP contribution in [0.4, 0.5) is 5.69 Å². The van der Waals surface area contributed by atoms with Gasteiger partial charge in [0, 0.05) is 18.8 Å². The Kier molecular flexibility index (Phi) is 2.93. The van der Waals surface area contributed by atoms with Gasteiger partial charge in [0.25, 0.3) is 5.91 Å². The molecular weight excluding hydrogens is 242 g/mol. The van der Waals surface area contributed by atoms with Gasteiger partial charge in [-0.2, -0.15) is 0 Å². The lowest BCUT2D eigenvalue weighted by molar-refractivity contribution is 0.0866. The summed E-state index contributed by atoms with van der Waals surface area (Å²) in [5.41, 5.74) is 5.70. The molecule has 1 aliphatic heterocycles. The summed E-state index contributed by atoms with van der Waals surface area (Å²) in [6, 6.07) is 0. The van der Waals surface area contributed by atoms with Gasteiger partial charge in [-0.25, -0.2) is 0 Å². The van der Waals surface area contributed by atoms with Crippen LogP contribution in [0.25, 0.3) is 0 Å². The van der Waals surface area contributed by atoms with Crippen molar-refractivity contribution in [2.45, 2.75) is 19.4 Å². The standard InChI is InChI=1S/C10H13N3O3S/c1-5-3-7(12-16-5)13(2)10(15)9-8(14)6(11)4-17-9/h4-5,14H,3,11H2,1-2H3. The molecule has 17 heavy (non-hydrogen) atoms. The summed E-state index contributed by atoms with van der Waals surface area (Å²) in [4.78, 5) is 18.7. The second-order valence-electron chi connectivity index (χ2n) is 3.86. The Morgan fingerprint density at radius 3 is 2.94 bits per heavy atom. The average molecular weight is 255 g/mol. The molecule has 1 amide bonds. The molecule has 92 valence electrons.